The number of sulfone groups is 1. The number of nitrogens with one attached hydrogen (secondary N) is 1. The Morgan fingerprint density at radius 1 is 1.32 bits per heavy atom. The van der Waals surface area contributed by atoms with Gasteiger partial charge in [-0.1, -0.05) is 12.8 Å². The fourth-order valence-electron chi connectivity index (χ4n) is 3.98. The summed E-state index contributed by atoms with van der Waals surface area (Å²) in [5.74, 6) is -0.321. The molecule has 3 fully saturated rings. The number of likely N-dealkylation sites (tertiary alicyclic amines) is 1. The maximum atomic E-state index is 12.4. The van der Waals surface area contributed by atoms with Crippen molar-refractivity contribution in [3.05, 3.63) is 0 Å². The summed E-state index contributed by atoms with van der Waals surface area (Å²) < 4.78 is 23.2. The number of hydrogen-bond donors (Lipinski definition) is 1. The standard InChI is InChI=1S/C15H24N2O4S/c1-15(6-7-22(20,21)10-15)16-14(19)11-8-13(18)17(9-11)12-4-2-3-5-12/h11-12H,2-10H2,1H3,(H,16,19)/t11-,15+/m1/s1. The third kappa shape index (κ3) is 3.14. The summed E-state index contributed by atoms with van der Waals surface area (Å²) in [5, 5.41) is 2.89. The Balaban J connectivity index is 1.60. The normalized spacial score (nSPS) is 35.2. The van der Waals surface area contributed by atoms with Crippen molar-refractivity contribution in [1.29, 1.82) is 0 Å². The molecular formula is C15H24N2O4S. The van der Waals surface area contributed by atoms with Crippen LogP contribution in [0.1, 0.15) is 45.4 Å². The quantitative estimate of drug-likeness (QED) is 0.816. The number of carbonyl (C=O) groups is 2. The average molecular weight is 328 g/mol. The number of carbonyl (C=O) groups excluding carboxylic acids is 2. The first-order valence-corrected chi connectivity index (χ1v) is 9.92. The van der Waals surface area contributed by atoms with Crippen molar-refractivity contribution in [3.63, 3.8) is 0 Å². The zero-order valence-corrected chi connectivity index (χ0v) is 13.8. The zero-order chi connectivity index (χ0) is 16.0. The lowest BCUT2D eigenvalue weighted by atomic mass is 9.99. The molecule has 22 heavy (non-hydrogen) atoms. The van der Waals surface area contributed by atoms with E-state index in [1.54, 1.807) is 6.92 Å². The summed E-state index contributed by atoms with van der Waals surface area (Å²) in [6.07, 6.45) is 5.09. The minimum atomic E-state index is -3.05. The van der Waals surface area contributed by atoms with Gasteiger partial charge in [0.2, 0.25) is 11.8 Å². The van der Waals surface area contributed by atoms with E-state index in [0.29, 0.717) is 19.0 Å². The molecule has 7 heteroatoms. The summed E-state index contributed by atoms with van der Waals surface area (Å²) in [6, 6.07) is 0.299. The van der Waals surface area contributed by atoms with Crippen LogP contribution in [0, 0.1) is 5.92 Å². The first-order valence-electron chi connectivity index (χ1n) is 8.10. The molecule has 0 aromatic rings. The van der Waals surface area contributed by atoms with Gasteiger partial charge in [0.15, 0.2) is 9.84 Å². The molecule has 0 aromatic carbocycles. The maximum Gasteiger partial charge on any atom is 0.225 e. The van der Waals surface area contributed by atoms with Crippen LogP contribution in [0.25, 0.3) is 0 Å². The smallest absolute Gasteiger partial charge is 0.225 e. The summed E-state index contributed by atoms with van der Waals surface area (Å²) in [5.41, 5.74) is -0.681. The van der Waals surface area contributed by atoms with E-state index >= 15 is 0 Å². The van der Waals surface area contributed by atoms with Crippen LogP contribution in [0.15, 0.2) is 0 Å². The molecule has 6 nitrogen and oxygen atoms in total. The fraction of sp³-hybridized carbons (Fsp3) is 0.867. The third-order valence-corrected chi connectivity index (χ3v) is 7.13. The summed E-state index contributed by atoms with van der Waals surface area (Å²) in [6.45, 7) is 2.26. The van der Waals surface area contributed by atoms with Crippen LogP contribution in [-0.4, -0.2) is 54.8 Å². The highest BCUT2D eigenvalue weighted by molar-refractivity contribution is 7.91. The molecule has 0 spiro atoms. The van der Waals surface area contributed by atoms with E-state index in [4.69, 9.17) is 0 Å². The second-order valence-corrected chi connectivity index (χ2v) is 9.46. The van der Waals surface area contributed by atoms with Gasteiger partial charge in [0.05, 0.1) is 23.0 Å². The minimum absolute atomic E-state index is 0.00124. The Morgan fingerprint density at radius 3 is 2.59 bits per heavy atom. The number of nitrogens with zero attached hydrogens (tertiary/aromatic N) is 1. The monoisotopic (exact) mass is 328 g/mol. The molecule has 124 valence electrons. The van der Waals surface area contributed by atoms with Crippen LogP contribution in [0.3, 0.4) is 0 Å². The highest BCUT2D eigenvalue weighted by atomic mass is 32.2. The zero-order valence-electron chi connectivity index (χ0n) is 13.0. The molecule has 2 heterocycles. The van der Waals surface area contributed by atoms with E-state index in [9.17, 15) is 18.0 Å². The van der Waals surface area contributed by atoms with E-state index in [1.807, 2.05) is 4.90 Å². The lowest BCUT2D eigenvalue weighted by Crippen LogP contribution is -2.49. The molecule has 1 saturated carbocycles. The van der Waals surface area contributed by atoms with Crippen molar-refractivity contribution in [2.75, 3.05) is 18.1 Å². The van der Waals surface area contributed by atoms with E-state index < -0.39 is 15.4 Å². The van der Waals surface area contributed by atoms with E-state index in [1.165, 1.54) is 0 Å². The van der Waals surface area contributed by atoms with Crippen molar-refractivity contribution >= 4 is 21.7 Å². The summed E-state index contributed by atoms with van der Waals surface area (Å²) in [7, 11) is -3.05. The van der Waals surface area contributed by atoms with Crippen LogP contribution >= 0.6 is 0 Å². The van der Waals surface area contributed by atoms with Gasteiger partial charge in [0, 0.05) is 19.0 Å². The van der Waals surface area contributed by atoms with Crippen molar-refractivity contribution in [3.8, 4) is 0 Å². The number of hydrogen-bond acceptors (Lipinski definition) is 4. The van der Waals surface area contributed by atoms with Gasteiger partial charge in [0.1, 0.15) is 0 Å². The highest BCUT2D eigenvalue weighted by Gasteiger charge is 2.43. The summed E-state index contributed by atoms with van der Waals surface area (Å²) in [4.78, 5) is 26.5. The highest BCUT2D eigenvalue weighted by Crippen LogP contribution is 2.30. The predicted octanol–water partition coefficient (Wildman–Crippen LogP) is 0.471. The lowest BCUT2D eigenvalue weighted by molar-refractivity contribution is -0.130. The molecule has 2 saturated heterocycles. The molecule has 2 atom stereocenters. The molecule has 0 unspecified atom stereocenters. The Kier molecular flexibility index (Phi) is 3.95. The molecule has 0 aromatic heterocycles. The van der Waals surface area contributed by atoms with Gasteiger partial charge in [-0.25, -0.2) is 8.42 Å². The van der Waals surface area contributed by atoms with E-state index in [-0.39, 0.29) is 35.7 Å². The Morgan fingerprint density at radius 2 is 2.00 bits per heavy atom. The van der Waals surface area contributed by atoms with Gasteiger partial charge < -0.3 is 10.2 Å². The molecule has 3 aliphatic rings. The Bertz CT molecular complexity index is 582. The first-order chi connectivity index (χ1) is 10.3. The molecule has 2 aliphatic heterocycles. The van der Waals surface area contributed by atoms with Crippen molar-refractivity contribution < 1.29 is 18.0 Å². The molecular weight excluding hydrogens is 304 g/mol. The second-order valence-electron chi connectivity index (χ2n) is 7.28. The van der Waals surface area contributed by atoms with Crippen LogP contribution in [0.4, 0.5) is 0 Å². The fourth-order valence-corrected chi connectivity index (χ4v) is 6.08. The predicted molar refractivity (Wildman–Crippen MR) is 81.9 cm³/mol. The van der Waals surface area contributed by atoms with E-state index in [2.05, 4.69) is 5.32 Å². The van der Waals surface area contributed by atoms with E-state index in [0.717, 1.165) is 25.7 Å². The van der Waals surface area contributed by atoms with Crippen LogP contribution in [0.5, 0.6) is 0 Å². The second kappa shape index (κ2) is 5.51. The van der Waals surface area contributed by atoms with Crippen molar-refractivity contribution in [2.24, 2.45) is 5.92 Å². The maximum absolute atomic E-state index is 12.4. The van der Waals surface area contributed by atoms with Gasteiger partial charge in [-0.15, -0.1) is 0 Å². The molecule has 2 amide bonds. The molecule has 0 bridgehead atoms. The average Bonchev–Trinajstić information content (AvgIpc) is 3.09. The van der Waals surface area contributed by atoms with Crippen LogP contribution in [-0.2, 0) is 19.4 Å². The number of rotatable bonds is 3. The largest absolute Gasteiger partial charge is 0.350 e. The molecule has 0 radical (unpaired) electrons. The number of amides is 2. The topological polar surface area (TPSA) is 83.6 Å². The summed E-state index contributed by atoms with van der Waals surface area (Å²) >= 11 is 0. The minimum Gasteiger partial charge on any atom is -0.350 e. The SMILES string of the molecule is C[C@]1(NC(=O)[C@@H]2CC(=O)N(C3CCCC3)C2)CCS(=O)(=O)C1. The molecule has 1 N–H and O–H groups in total. The van der Waals surface area contributed by atoms with Gasteiger partial charge in [-0.05, 0) is 26.2 Å². The van der Waals surface area contributed by atoms with Crippen molar-refractivity contribution in [2.45, 2.75) is 57.0 Å². The van der Waals surface area contributed by atoms with Gasteiger partial charge in [-0.3, -0.25) is 9.59 Å². The van der Waals surface area contributed by atoms with Crippen molar-refractivity contribution in [1.82, 2.24) is 10.2 Å². The van der Waals surface area contributed by atoms with Crippen LogP contribution in [0.2, 0.25) is 0 Å². The lowest BCUT2D eigenvalue weighted by Gasteiger charge is -2.27. The van der Waals surface area contributed by atoms with Gasteiger partial charge in [0.25, 0.3) is 0 Å². The van der Waals surface area contributed by atoms with Gasteiger partial charge >= 0.3 is 0 Å². The molecule has 3 rings (SSSR count). The van der Waals surface area contributed by atoms with Gasteiger partial charge in [-0.2, -0.15) is 0 Å². The Labute approximate surface area is 131 Å². The Hall–Kier alpha value is -1.11. The first kappa shape index (κ1) is 15.8. The van der Waals surface area contributed by atoms with Crippen LogP contribution < -0.4 is 5.32 Å². The molecule has 1 aliphatic carbocycles. The third-order valence-electron chi connectivity index (χ3n) is 5.22.